The highest BCUT2D eigenvalue weighted by molar-refractivity contribution is 9.10. The van der Waals surface area contributed by atoms with E-state index in [9.17, 15) is 4.39 Å². The predicted molar refractivity (Wildman–Crippen MR) is 67.7 cm³/mol. The van der Waals surface area contributed by atoms with Crippen molar-refractivity contribution in [3.8, 4) is 5.75 Å². The third kappa shape index (κ3) is 3.76. The number of halogens is 2. The summed E-state index contributed by atoms with van der Waals surface area (Å²) in [5, 5.41) is 3.31. The Morgan fingerprint density at radius 2 is 2.25 bits per heavy atom. The Balaban J connectivity index is 2.88. The molecule has 0 aliphatic carbocycles. The predicted octanol–water partition coefficient (Wildman–Crippen LogP) is 3.47. The van der Waals surface area contributed by atoms with Crippen molar-refractivity contribution < 1.29 is 9.13 Å². The molecule has 0 fully saturated rings. The molecule has 16 heavy (non-hydrogen) atoms. The van der Waals surface area contributed by atoms with Gasteiger partial charge >= 0.3 is 0 Å². The number of hydrogen-bond acceptors (Lipinski definition) is 2. The van der Waals surface area contributed by atoms with Crippen molar-refractivity contribution in [2.24, 2.45) is 0 Å². The highest BCUT2D eigenvalue weighted by Gasteiger charge is 2.11. The summed E-state index contributed by atoms with van der Waals surface area (Å²) in [6.07, 6.45) is 0. The second-order valence-electron chi connectivity index (χ2n) is 3.50. The topological polar surface area (TPSA) is 21.3 Å². The third-order valence-corrected chi connectivity index (χ3v) is 2.78. The molecule has 0 radical (unpaired) electrons. The zero-order chi connectivity index (χ0) is 12.0. The zero-order valence-electron chi connectivity index (χ0n) is 9.59. The molecule has 0 aliphatic rings. The first kappa shape index (κ1) is 13.5. The summed E-state index contributed by atoms with van der Waals surface area (Å²) in [4.78, 5) is 0. The van der Waals surface area contributed by atoms with Crippen LogP contribution in [0.3, 0.4) is 0 Å². The lowest BCUT2D eigenvalue weighted by molar-refractivity contribution is 0.269. The van der Waals surface area contributed by atoms with Gasteiger partial charge in [0, 0.05) is 16.1 Å². The number of ether oxygens (including phenoxy) is 1. The summed E-state index contributed by atoms with van der Waals surface area (Å²) >= 11 is 3.43. The molecule has 0 saturated heterocycles. The molecule has 0 amide bonds. The van der Waals surface area contributed by atoms with E-state index in [1.807, 2.05) is 18.2 Å². The van der Waals surface area contributed by atoms with Crippen LogP contribution in [0.2, 0.25) is 0 Å². The van der Waals surface area contributed by atoms with Gasteiger partial charge in [0.25, 0.3) is 0 Å². The van der Waals surface area contributed by atoms with Gasteiger partial charge in [0.05, 0.1) is 0 Å². The molecule has 0 saturated carbocycles. The quantitative estimate of drug-likeness (QED) is 0.866. The van der Waals surface area contributed by atoms with Gasteiger partial charge in [-0.05, 0) is 31.7 Å². The number of rotatable bonds is 6. The molecule has 0 bridgehead atoms. The van der Waals surface area contributed by atoms with Crippen LogP contribution in [0.4, 0.5) is 4.39 Å². The smallest absolute Gasteiger partial charge is 0.124 e. The molecule has 1 aromatic carbocycles. The van der Waals surface area contributed by atoms with Gasteiger partial charge in [0.1, 0.15) is 19.0 Å². The van der Waals surface area contributed by atoms with Crippen molar-refractivity contribution in [3.63, 3.8) is 0 Å². The van der Waals surface area contributed by atoms with Gasteiger partial charge in [-0.1, -0.05) is 22.9 Å². The van der Waals surface area contributed by atoms with Crippen molar-refractivity contribution in [2.75, 3.05) is 19.8 Å². The summed E-state index contributed by atoms with van der Waals surface area (Å²) in [6, 6.07) is 5.96. The van der Waals surface area contributed by atoms with Crippen LogP contribution in [0.1, 0.15) is 25.5 Å². The second kappa shape index (κ2) is 6.86. The number of nitrogens with one attached hydrogen (secondary N) is 1. The lowest BCUT2D eigenvalue weighted by atomic mass is 10.1. The molecule has 1 N–H and O–H groups in total. The minimum atomic E-state index is -0.467. The van der Waals surface area contributed by atoms with E-state index in [0.29, 0.717) is 0 Å². The monoisotopic (exact) mass is 289 g/mol. The highest BCUT2D eigenvalue weighted by atomic mass is 79.9. The van der Waals surface area contributed by atoms with Crippen LogP contribution in [0, 0.1) is 0 Å². The molecule has 1 aromatic rings. The second-order valence-corrected chi connectivity index (χ2v) is 4.41. The lowest BCUT2D eigenvalue weighted by Gasteiger charge is -2.17. The SMILES string of the molecule is CCNC(C)c1cc(Br)ccc1OCCF. The van der Waals surface area contributed by atoms with Gasteiger partial charge < -0.3 is 10.1 Å². The average Bonchev–Trinajstić information content (AvgIpc) is 2.27. The fourth-order valence-electron chi connectivity index (χ4n) is 1.55. The van der Waals surface area contributed by atoms with Crippen molar-refractivity contribution in [3.05, 3.63) is 28.2 Å². The Kier molecular flexibility index (Phi) is 5.77. The molecule has 0 aliphatic heterocycles. The molecule has 0 aromatic heterocycles. The van der Waals surface area contributed by atoms with Crippen LogP contribution < -0.4 is 10.1 Å². The van der Waals surface area contributed by atoms with Gasteiger partial charge in [0.15, 0.2) is 0 Å². The van der Waals surface area contributed by atoms with Crippen LogP contribution in [0.5, 0.6) is 5.75 Å². The Hall–Kier alpha value is -0.610. The molecular formula is C12H17BrFNO. The minimum Gasteiger partial charge on any atom is -0.491 e. The first-order valence-electron chi connectivity index (χ1n) is 5.40. The normalized spacial score (nSPS) is 12.5. The van der Waals surface area contributed by atoms with Gasteiger partial charge in [-0.2, -0.15) is 0 Å². The average molecular weight is 290 g/mol. The maximum atomic E-state index is 12.1. The van der Waals surface area contributed by atoms with E-state index in [-0.39, 0.29) is 12.6 Å². The lowest BCUT2D eigenvalue weighted by Crippen LogP contribution is -2.18. The Morgan fingerprint density at radius 3 is 2.88 bits per heavy atom. The summed E-state index contributed by atoms with van der Waals surface area (Å²) in [6.45, 7) is 4.64. The van der Waals surface area contributed by atoms with Gasteiger partial charge in [-0.25, -0.2) is 4.39 Å². The van der Waals surface area contributed by atoms with Crippen molar-refractivity contribution in [1.29, 1.82) is 0 Å². The summed E-state index contributed by atoms with van der Waals surface area (Å²) in [5.41, 5.74) is 1.05. The van der Waals surface area contributed by atoms with Crippen LogP contribution in [-0.4, -0.2) is 19.8 Å². The Labute approximate surface area is 104 Å². The zero-order valence-corrected chi connectivity index (χ0v) is 11.2. The van der Waals surface area contributed by atoms with Crippen LogP contribution in [-0.2, 0) is 0 Å². The fourth-order valence-corrected chi connectivity index (χ4v) is 1.93. The molecule has 90 valence electrons. The van der Waals surface area contributed by atoms with Gasteiger partial charge in [-0.15, -0.1) is 0 Å². The number of alkyl halides is 1. The van der Waals surface area contributed by atoms with Crippen molar-refractivity contribution in [1.82, 2.24) is 5.32 Å². The summed E-state index contributed by atoms with van der Waals surface area (Å²) < 4.78 is 18.5. The molecule has 0 heterocycles. The van der Waals surface area contributed by atoms with E-state index in [2.05, 4.69) is 35.1 Å². The molecule has 2 nitrogen and oxygen atoms in total. The molecule has 1 atom stereocenters. The van der Waals surface area contributed by atoms with Crippen molar-refractivity contribution >= 4 is 15.9 Å². The minimum absolute atomic E-state index is 0.105. The fraction of sp³-hybridized carbons (Fsp3) is 0.500. The molecule has 0 spiro atoms. The highest BCUT2D eigenvalue weighted by Crippen LogP contribution is 2.28. The molecular weight excluding hydrogens is 273 g/mol. The van der Waals surface area contributed by atoms with Crippen molar-refractivity contribution in [2.45, 2.75) is 19.9 Å². The van der Waals surface area contributed by atoms with E-state index in [1.165, 1.54) is 0 Å². The Bertz CT molecular complexity index is 333. The first-order chi connectivity index (χ1) is 7.69. The number of hydrogen-bond donors (Lipinski definition) is 1. The van der Waals surface area contributed by atoms with Gasteiger partial charge in [-0.3, -0.25) is 0 Å². The van der Waals surface area contributed by atoms with Gasteiger partial charge in [0.2, 0.25) is 0 Å². The first-order valence-corrected chi connectivity index (χ1v) is 6.20. The van der Waals surface area contributed by atoms with E-state index in [1.54, 1.807) is 0 Å². The van der Waals surface area contributed by atoms with E-state index in [0.717, 1.165) is 22.3 Å². The summed E-state index contributed by atoms with van der Waals surface area (Å²) in [5.74, 6) is 0.745. The standard InChI is InChI=1S/C12H17BrFNO/c1-3-15-9(2)11-8-10(13)4-5-12(11)16-7-6-14/h4-5,8-9,15H,3,6-7H2,1-2H3. The van der Waals surface area contributed by atoms with E-state index >= 15 is 0 Å². The van der Waals surface area contributed by atoms with Crippen LogP contribution in [0.15, 0.2) is 22.7 Å². The molecule has 1 unspecified atom stereocenters. The van der Waals surface area contributed by atoms with Crippen LogP contribution >= 0.6 is 15.9 Å². The van der Waals surface area contributed by atoms with E-state index < -0.39 is 6.67 Å². The largest absolute Gasteiger partial charge is 0.491 e. The van der Waals surface area contributed by atoms with E-state index in [4.69, 9.17) is 4.74 Å². The third-order valence-electron chi connectivity index (χ3n) is 2.28. The Morgan fingerprint density at radius 1 is 1.50 bits per heavy atom. The maximum Gasteiger partial charge on any atom is 0.124 e. The van der Waals surface area contributed by atoms with Crippen LogP contribution in [0.25, 0.3) is 0 Å². The number of benzene rings is 1. The molecule has 1 rings (SSSR count). The maximum absolute atomic E-state index is 12.1. The molecule has 4 heteroatoms. The summed E-state index contributed by atoms with van der Waals surface area (Å²) in [7, 11) is 0.